The topological polar surface area (TPSA) is 93.3 Å². The van der Waals surface area contributed by atoms with E-state index in [4.69, 9.17) is 4.74 Å². The first-order valence-corrected chi connectivity index (χ1v) is 10.6. The number of nitrogens with one attached hydrogen (secondary N) is 1. The Morgan fingerprint density at radius 2 is 1.63 bits per heavy atom. The molecule has 0 amide bonds. The summed E-state index contributed by atoms with van der Waals surface area (Å²) in [5, 5.41) is 0.575. The van der Waals surface area contributed by atoms with E-state index in [1.807, 2.05) is 0 Å². The highest BCUT2D eigenvalue weighted by Crippen LogP contribution is 2.51. The molecule has 2 aliphatic rings. The summed E-state index contributed by atoms with van der Waals surface area (Å²) < 4.78 is 4.74. The number of benzene rings is 2. The van der Waals surface area contributed by atoms with Crippen molar-refractivity contribution in [3.8, 4) is 0 Å². The molecule has 1 aromatic heterocycles. The molecule has 3 aromatic rings. The third kappa shape index (κ3) is 2.72. The summed E-state index contributed by atoms with van der Waals surface area (Å²) in [5.41, 5.74) is 2.20. The number of H-pyrrole nitrogens is 1. The van der Waals surface area contributed by atoms with Gasteiger partial charge in [-0.25, -0.2) is 4.79 Å². The average Bonchev–Trinajstić information content (AvgIpc) is 3.15. The molecule has 8 heteroatoms. The second-order valence-electron chi connectivity index (χ2n) is 6.80. The van der Waals surface area contributed by atoms with E-state index in [1.54, 1.807) is 48.5 Å². The monoisotopic (exact) mass is 435 g/mol. The van der Waals surface area contributed by atoms with Gasteiger partial charge < -0.3 is 9.72 Å². The second kappa shape index (κ2) is 6.93. The van der Waals surface area contributed by atoms with Crippen molar-refractivity contribution in [1.29, 1.82) is 0 Å². The zero-order valence-corrected chi connectivity index (χ0v) is 17.2. The molecule has 1 atom stereocenters. The molecule has 0 fully saturated rings. The normalized spacial score (nSPS) is 17.3. The highest BCUT2D eigenvalue weighted by atomic mass is 32.2. The van der Waals surface area contributed by atoms with Gasteiger partial charge in [-0.3, -0.25) is 14.4 Å². The van der Waals surface area contributed by atoms with Gasteiger partial charge in [-0.2, -0.15) is 0 Å². The van der Waals surface area contributed by atoms with E-state index in [1.165, 1.54) is 7.11 Å². The van der Waals surface area contributed by atoms with Crippen LogP contribution in [-0.4, -0.2) is 29.6 Å². The molecule has 0 unspecified atom stereocenters. The number of aromatic nitrogens is 1. The molecule has 6 nitrogen and oxygen atoms in total. The number of ether oxygens (including phenoxy) is 1. The minimum atomic E-state index is -0.572. The van der Waals surface area contributed by atoms with E-state index in [9.17, 15) is 19.2 Å². The van der Waals surface area contributed by atoms with Crippen LogP contribution in [0, 0.1) is 0 Å². The summed E-state index contributed by atoms with van der Waals surface area (Å²) in [4.78, 5) is 54.1. The number of hydrogen-bond donors (Lipinski definition) is 1. The highest BCUT2D eigenvalue weighted by Gasteiger charge is 2.42. The average molecular weight is 435 g/mol. The Kier molecular flexibility index (Phi) is 4.34. The second-order valence-corrected chi connectivity index (χ2v) is 8.84. The Bertz CT molecular complexity index is 1330. The van der Waals surface area contributed by atoms with Crippen molar-refractivity contribution in [2.24, 2.45) is 0 Å². The summed E-state index contributed by atoms with van der Waals surface area (Å²) in [5.74, 6) is -1.48. The van der Waals surface area contributed by atoms with Crippen LogP contribution in [0.15, 0.2) is 68.8 Å². The summed E-state index contributed by atoms with van der Waals surface area (Å²) in [6.45, 7) is 0. The smallest absolute Gasteiger partial charge is 0.337 e. The van der Waals surface area contributed by atoms with Crippen molar-refractivity contribution in [2.45, 2.75) is 10.9 Å². The third-order valence-corrected chi connectivity index (χ3v) is 7.39. The zero-order valence-electron chi connectivity index (χ0n) is 15.6. The van der Waals surface area contributed by atoms with Gasteiger partial charge in [0.05, 0.1) is 33.4 Å². The molecule has 1 aliphatic carbocycles. The number of ketones is 2. The molecule has 2 aromatic carbocycles. The first-order valence-electron chi connectivity index (χ1n) is 9.01. The fourth-order valence-electron chi connectivity index (χ4n) is 3.81. The highest BCUT2D eigenvalue weighted by molar-refractivity contribution is 8.04. The zero-order chi connectivity index (χ0) is 21.0. The number of esters is 1. The molecule has 1 aliphatic heterocycles. The lowest BCUT2D eigenvalue weighted by atomic mass is 9.79. The van der Waals surface area contributed by atoms with Crippen molar-refractivity contribution in [1.82, 2.24) is 4.98 Å². The molecule has 5 rings (SSSR count). The van der Waals surface area contributed by atoms with Gasteiger partial charge >= 0.3 is 10.8 Å². The van der Waals surface area contributed by atoms with Crippen molar-refractivity contribution >= 4 is 40.6 Å². The van der Waals surface area contributed by atoms with Crippen molar-refractivity contribution in [2.75, 3.05) is 7.11 Å². The predicted molar refractivity (Wildman–Crippen MR) is 113 cm³/mol. The van der Waals surface area contributed by atoms with Gasteiger partial charge in [-0.15, -0.1) is 0 Å². The van der Waals surface area contributed by atoms with Crippen LogP contribution < -0.4 is 4.87 Å². The standard InChI is InChI=1S/C22H13NO5S2/c1-28-21(26)11-8-6-10(7-9-11)14-15-16(24)12-4-2-3-5-13(12)17(25)18(15)29-20-19(14)30-22(27)23-20/h2-9,14H,1H3,(H,23,27)/t14-/m1/s1. The van der Waals surface area contributed by atoms with E-state index >= 15 is 0 Å². The van der Waals surface area contributed by atoms with Crippen molar-refractivity contribution in [3.63, 3.8) is 0 Å². The van der Waals surface area contributed by atoms with Gasteiger partial charge in [-0.05, 0) is 17.7 Å². The summed E-state index contributed by atoms with van der Waals surface area (Å²) in [6.07, 6.45) is 0. The molecule has 0 spiro atoms. The van der Waals surface area contributed by atoms with Crippen LogP contribution in [-0.2, 0) is 4.74 Å². The minimum Gasteiger partial charge on any atom is -0.465 e. The van der Waals surface area contributed by atoms with E-state index in [0.29, 0.717) is 42.6 Å². The first kappa shape index (κ1) is 18.8. The fraction of sp³-hybridized carbons (Fsp3) is 0.0909. The molecule has 0 bridgehead atoms. The molecule has 148 valence electrons. The van der Waals surface area contributed by atoms with E-state index < -0.39 is 11.9 Å². The molecule has 2 heterocycles. The maximum atomic E-state index is 13.4. The lowest BCUT2D eigenvalue weighted by Gasteiger charge is -2.30. The van der Waals surface area contributed by atoms with Crippen LogP contribution in [0.1, 0.15) is 47.4 Å². The van der Waals surface area contributed by atoms with Gasteiger partial charge in [0, 0.05) is 16.7 Å². The van der Waals surface area contributed by atoms with Crippen LogP contribution in [0.4, 0.5) is 0 Å². The number of Topliss-reactive ketones (excluding diaryl/α,β-unsaturated/α-hetero) is 2. The van der Waals surface area contributed by atoms with E-state index in [2.05, 4.69) is 4.98 Å². The van der Waals surface area contributed by atoms with Crippen molar-refractivity contribution in [3.05, 3.63) is 95.8 Å². The number of rotatable bonds is 2. The SMILES string of the molecule is COC(=O)c1ccc([C@@H]2C3=C(Sc4[nH]c(=O)sc42)C(=O)c2ccccc2C3=O)cc1. The number of thioether (sulfide) groups is 1. The Morgan fingerprint density at radius 1 is 0.967 bits per heavy atom. The Balaban J connectivity index is 1.72. The van der Waals surface area contributed by atoms with Crippen LogP contribution in [0.25, 0.3) is 0 Å². The van der Waals surface area contributed by atoms with Crippen LogP contribution >= 0.6 is 23.1 Å². The molecular formula is C22H13NO5S2. The Labute approximate surface area is 178 Å². The molecule has 0 radical (unpaired) electrons. The lowest BCUT2D eigenvalue weighted by molar-refractivity contribution is 0.0600. The summed E-state index contributed by atoms with van der Waals surface area (Å²) in [7, 11) is 1.30. The number of thiazole rings is 1. The summed E-state index contributed by atoms with van der Waals surface area (Å²) in [6, 6.07) is 13.4. The quantitative estimate of drug-likeness (QED) is 0.616. The number of hydrogen-bond acceptors (Lipinski definition) is 7. The molecular weight excluding hydrogens is 422 g/mol. The molecule has 30 heavy (non-hydrogen) atoms. The fourth-order valence-corrected chi connectivity index (χ4v) is 6.08. The van der Waals surface area contributed by atoms with Gasteiger partial charge in [0.15, 0.2) is 5.78 Å². The van der Waals surface area contributed by atoms with Gasteiger partial charge in [0.25, 0.3) is 0 Å². The van der Waals surface area contributed by atoms with Gasteiger partial charge in [-0.1, -0.05) is 59.5 Å². The lowest BCUT2D eigenvalue weighted by Crippen LogP contribution is -2.27. The number of carbonyl (C=O) groups is 3. The Hall–Kier alpha value is -3.23. The van der Waals surface area contributed by atoms with Gasteiger partial charge in [0.2, 0.25) is 5.78 Å². The maximum absolute atomic E-state index is 13.4. The van der Waals surface area contributed by atoms with Gasteiger partial charge in [0.1, 0.15) is 0 Å². The number of carbonyl (C=O) groups excluding carboxylic acids is 3. The molecule has 0 saturated carbocycles. The van der Waals surface area contributed by atoms with Crippen molar-refractivity contribution < 1.29 is 19.1 Å². The minimum absolute atomic E-state index is 0.221. The maximum Gasteiger partial charge on any atom is 0.337 e. The Morgan fingerprint density at radius 3 is 2.30 bits per heavy atom. The van der Waals surface area contributed by atoms with E-state index in [0.717, 1.165) is 23.1 Å². The summed E-state index contributed by atoms with van der Waals surface area (Å²) >= 11 is 2.16. The number of fused-ring (bicyclic) bond motifs is 2. The van der Waals surface area contributed by atoms with E-state index in [-0.39, 0.29) is 16.4 Å². The number of aromatic amines is 1. The number of methoxy groups -OCH3 is 1. The molecule has 1 N–H and O–H groups in total. The van der Waals surface area contributed by atoms with Crippen LogP contribution in [0.5, 0.6) is 0 Å². The molecule has 0 saturated heterocycles. The van der Waals surface area contributed by atoms with Crippen LogP contribution in [0.2, 0.25) is 0 Å². The number of allylic oxidation sites excluding steroid dienone is 2. The van der Waals surface area contributed by atoms with Crippen LogP contribution in [0.3, 0.4) is 0 Å². The largest absolute Gasteiger partial charge is 0.465 e. The first-order chi connectivity index (χ1) is 14.5. The predicted octanol–water partition coefficient (Wildman–Crippen LogP) is 3.79. The third-order valence-electron chi connectivity index (χ3n) is 5.17.